The molecule has 3 fully saturated rings. The third-order valence-corrected chi connectivity index (χ3v) is 12.4. The Bertz CT molecular complexity index is 1260. The number of allylic oxidation sites excluding steroid dienone is 1. The van der Waals surface area contributed by atoms with Crippen LogP contribution in [0.15, 0.2) is 35.9 Å². The van der Waals surface area contributed by atoms with E-state index in [2.05, 4.69) is 40.7 Å². The van der Waals surface area contributed by atoms with Gasteiger partial charge in [0.15, 0.2) is 11.5 Å². The first-order chi connectivity index (χ1) is 20.9. The molecule has 1 aromatic carbocycles. The first-order valence-corrected chi connectivity index (χ1v) is 17.4. The third-order valence-electron chi connectivity index (χ3n) is 12.4. The number of fused-ring (bicyclic) bond motifs is 5. The van der Waals surface area contributed by atoms with Crippen LogP contribution >= 0.6 is 0 Å². The molecule has 5 nitrogen and oxygen atoms in total. The molecular formula is C39H56O5. The first kappa shape index (κ1) is 32.8. The molecule has 0 radical (unpaired) electrons. The van der Waals surface area contributed by atoms with E-state index in [4.69, 9.17) is 14.2 Å². The molecule has 4 aliphatic carbocycles. The van der Waals surface area contributed by atoms with E-state index in [-0.39, 0.29) is 17.5 Å². The quantitative estimate of drug-likeness (QED) is 0.115. The van der Waals surface area contributed by atoms with Crippen molar-refractivity contribution in [2.24, 2.45) is 46.3 Å². The van der Waals surface area contributed by atoms with Crippen LogP contribution in [0.5, 0.6) is 11.5 Å². The van der Waals surface area contributed by atoms with Gasteiger partial charge in [-0.3, -0.25) is 4.79 Å². The van der Waals surface area contributed by atoms with Crippen molar-refractivity contribution in [2.45, 2.75) is 118 Å². The summed E-state index contributed by atoms with van der Waals surface area (Å²) >= 11 is 0. The van der Waals surface area contributed by atoms with E-state index < -0.39 is 5.97 Å². The molecule has 5 rings (SSSR count). The number of esters is 2. The maximum absolute atomic E-state index is 12.8. The zero-order chi connectivity index (χ0) is 31.6. The minimum absolute atomic E-state index is 0.0692. The number of hydrogen-bond donors (Lipinski definition) is 0. The van der Waals surface area contributed by atoms with Gasteiger partial charge in [0.25, 0.3) is 0 Å². The van der Waals surface area contributed by atoms with Crippen LogP contribution in [-0.2, 0) is 14.3 Å². The van der Waals surface area contributed by atoms with Gasteiger partial charge in [0.1, 0.15) is 6.10 Å². The van der Waals surface area contributed by atoms with Crippen LogP contribution in [0, 0.1) is 46.3 Å². The fourth-order valence-corrected chi connectivity index (χ4v) is 10.1. The summed E-state index contributed by atoms with van der Waals surface area (Å²) in [5.41, 5.74) is 3.06. The molecular weight excluding hydrogens is 548 g/mol. The standard InChI is InChI=1S/C39H56O5/c1-25(2)9-8-10-26(3)32-15-16-33-31-14-13-29-24-30(19-21-38(29,5)34(31)20-22-39(32,33)6)44-37(41)18-12-28-11-17-35(43-27(4)40)36(23-28)42-7/h11-13,17-18,23,25-26,30-34H,8-10,14-16,19-22,24H2,1-7H3/t26-,30?,31+,32-,33+,34+,38+,39-/m1/s1. The molecule has 1 unspecified atom stereocenters. The van der Waals surface area contributed by atoms with Crippen molar-refractivity contribution in [3.8, 4) is 11.5 Å². The Labute approximate surface area is 266 Å². The number of benzene rings is 1. The average molecular weight is 605 g/mol. The molecule has 5 heteroatoms. The van der Waals surface area contributed by atoms with Crippen molar-refractivity contribution in [3.63, 3.8) is 0 Å². The van der Waals surface area contributed by atoms with Crippen LogP contribution in [-0.4, -0.2) is 25.2 Å². The fraction of sp³-hybridized carbons (Fsp3) is 0.692. The van der Waals surface area contributed by atoms with Crippen molar-refractivity contribution in [2.75, 3.05) is 7.11 Å². The summed E-state index contributed by atoms with van der Waals surface area (Å²) in [6.45, 7) is 13.8. The average Bonchev–Trinajstić information content (AvgIpc) is 3.33. The number of carbonyl (C=O) groups excluding carboxylic acids is 2. The Morgan fingerprint density at radius 1 is 1.00 bits per heavy atom. The zero-order valence-electron chi connectivity index (χ0n) is 28.3. The Hall–Kier alpha value is -2.56. The summed E-state index contributed by atoms with van der Waals surface area (Å²) in [6.07, 6.45) is 19.5. The van der Waals surface area contributed by atoms with Crippen LogP contribution in [0.25, 0.3) is 6.08 Å². The number of ether oxygens (including phenoxy) is 3. The molecule has 242 valence electrons. The summed E-state index contributed by atoms with van der Waals surface area (Å²) in [5, 5.41) is 0. The number of carbonyl (C=O) groups is 2. The summed E-state index contributed by atoms with van der Waals surface area (Å²) in [6, 6.07) is 5.20. The van der Waals surface area contributed by atoms with Crippen molar-refractivity contribution in [1.82, 2.24) is 0 Å². The first-order valence-electron chi connectivity index (χ1n) is 17.4. The van der Waals surface area contributed by atoms with Crippen LogP contribution in [0.4, 0.5) is 0 Å². The van der Waals surface area contributed by atoms with Crippen LogP contribution in [0.2, 0.25) is 0 Å². The maximum atomic E-state index is 12.8. The van der Waals surface area contributed by atoms with Crippen LogP contribution in [0.3, 0.4) is 0 Å². The van der Waals surface area contributed by atoms with Crippen molar-refractivity contribution in [1.29, 1.82) is 0 Å². The van der Waals surface area contributed by atoms with E-state index in [1.54, 1.807) is 24.3 Å². The lowest BCUT2D eigenvalue weighted by atomic mass is 9.47. The molecule has 4 aliphatic rings. The Morgan fingerprint density at radius 2 is 1.80 bits per heavy atom. The van der Waals surface area contributed by atoms with Gasteiger partial charge in [0.05, 0.1) is 7.11 Å². The second-order valence-corrected chi connectivity index (χ2v) is 15.4. The largest absolute Gasteiger partial charge is 0.493 e. The van der Waals surface area contributed by atoms with Crippen molar-refractivity contribution >= 4 is 18.0 Å². The highest BCUT2D eigenvalue weighted by molar-refractivity contribution is 5.87. The molecule has 0 amide bonds. The lowest BCUT2D eigenvalue weighted by Crippen LogP contribution is -2.51. The maximum Gasteiger partial charge on any atom is 0.331 e. The smallest absolute Gasteiger partial charge is 0.331 e. The van der Waals surface area contributed by atoms with E-state index in [9.17, 15) is 9.59 Å². The van der Waals surface area contributed by atoms with Gasteiger partial charge in [-0.05, 0) is 115 Å². The normalized spacial score (nSPS) is 33.6. The Kier molecular flexibility index (Phi) is 10.0. The number of rotatable bonds is 10. The van der Waals surface area contributed by atoms with Gasteiger partial charge >= 0.3 is 11.9 Å². The Balaban J connectivity index is 1.19. The highest BCUT2D eigenvalue weighted by atomic mass is 16.6. The van der Waals surface area contributed by atoms with Gasteiger partial charge in [-0.25, -0.2) is 4.79 Å². The van der Waals surface area contributed by atoms with Crippen LogP contribution in [0.1, 0.15) is 118 Å². The summed E-state index contributed by atoms with van der Waals surface area (Å²) in [7, 11) is 1.52. The molecule has 8 atom stereocenters. The van der Waals surface area contributed by atoms with E-state index in [1.807, 2.05) is 0 Å². The highest BCUT2D eigenvalue weighted by Gasteiger charge is 2.59. The molecule has 3 saturated carbocycles. The van der Waals surface area contributed by atoms with E-state index in [0.29, 0.717) is 16.9 Å². The third kappa shape index (κ3) is 6.67. The summed E-state index contributed by atoms with van der Waals surface area (Å²) in [4.78, 5) is 24.2. The molecule has 0 aliphatic heterocycles. The Morgan fingerprint density at radius 3 is 2.52 bits per heavy atom. The van der Waals surface area contributed by atoms with E-state index in [0.717, 1.165) is 60.3 Å². The summed E-state index contributed by atoms with van der Waals surface area (Å²) < 4.78 is 16.5. The molecule has 0 heterocycles. The van der Waals surface area contributed by atoms with Gasteiger partial charge < -0.3 is 14.2 Å². The lowest BCUT2D eigenvalue weighted by molar-refractivity contribution is -0.145. The monoisotopic (exact) mass is 604 g/mol. The topological polar surface area (TPSA) is 61.8 Å². The van der Waals surface area contributed by atoms with Crippen molar-refractivity contribution in [3.05, 3.63) is 41.5 Å². The molecule has 0 saturated heterocycles. The second kappa shape index (κ2) is 13.4. The van der Waals surface area contributed by atoms with Crippen molar-refractivity contribution < 1.29 is 23.8 Å². The molecule has 1 aromatic rings. The van der Waals surface area contributed by atoms with Crippen LogP contribution < -0.4 is 9.47 Å². The summed E-state index contributed by atoms with van der Waals surface area (Å²) in [5.74, 6) is 5.04. The highest BCUT2D eigenvalue weighted by Crippen LogP contribution is 2.67. The second-order valence-electron chi connectivity index (χ2n) is 15.4. The van der Waals surface area contributed by atoms with Gasteiger partial charge in [-0.15, -0.1) is 0 Å². The molecule has 0 aromatic heterocycles. The van der Waals surface area contributed by atoms with Gasteiger partial charge in [-0.1, -0.05) is 71.6 Å². The minimum atomic E-state index is -0.408. The number of hydrogen-bond acceptors (Lipinski definition) is 5. The molecule has 0 spiro atoms. The molecule has 44 heavy (non-hydrogen) atoms. The lowest BCUT2D eigenvalue weighted by Gasteiger charge is -2.58. The van der Waals surface area contributed by atoms with Gasteiger partial charge in [-0.2, -0.15) is 0 Å². The van der Waals surface area contributed by atoms with Gasteiger partial charge in [0, 0.05) is 19.4 Å². The predicted molar refractivity (Wildman–Crippen MR) is 176 cm³/mol. The van der Waals surface area contributed by atoms with E-state index in [1.165, 1.54) is 77.0 Å². The minimum Gasteiger partial charge on any atom is -0.493 e. The molecule has 0 N–H and O–H groups in total. The fourth-order valence-electron chi connectivity index (χ4n) is 10.1. The molecule has 0 bridgehead atoms. The number of methoxy groups -OCH3 is 1. The van der Waals surface area contributed by atoms with Gasteiger partial charge in [0.2, 0.25) is 0 Å². The predicted octanol–water partition coefficient (Wildman–Crippen LogP) is 9.59. The SMILES string of the molecule is COc1cc(C=CC(=O)OC2CC[C@@]3(C)C(=CC[C@H]4[C@@H]5CC[C@H]([C@H](C)CCCC(C)C)[C@@]5(C)CC[C@@H]43)C2)ccc1OC(C)=O. The van der Waals surface area contributed by atoms with E-state index >= 15 is 0 Å². The zero-order valence-corrected chi connectivity index (χ0v) is 28.3.